The molecule has 4 heteroatoms. The molecule has 0 unspecified atom stereocenters. The van der Waals surface area contributed by atoms with Gasteiger partial charge in [-0.2, -0.15) is 0 Å². The summed E-state index contributed by atoms with van der Waals surface area (Å²) in [5.74, 6) is 1.13. The molecule has 0 bridgehead atoms. The molecule has 0 aliphatic heterocycles. The SMILES string of the molecule is COc1cccc(CNc2cc(C)cc(F)c2)c1OC. The molecular formula is C16H18FNO2. The lowest BCUT2D eigenvalue weighted by molar-refractivity contribution is 0.352. The minimum atomic E-state index is -0.245. The summed E-state index contributed by atoms with van der Waals surface area (Å²) < 4.78 is 24.0. The third-order valence-electron chi connectivity index (χ3n) is 3.01. The van der Waals surface area contributed by atoms with Crippen molar-refractivity contribution in [3.63, 3.8) is 0 Å². The number of ether oxygens (including phenoxy) is 2. The third-order valence-corrected chi connectivity index (χ3v) is 3.01. The molecule has 2 aromatic rings. The van der Waals surface area contributed by atoms with E-state index in [2.05, 4.69) is 5.32 Å². The summed E-state index contributed by atoms with van der Waals surface area (Å²) in [6.45, 7) is 2.39. The highest BCUT2D eigenvalue weighted by Crippen LogP contribution is 2.31. The van der Waals surface area contributed by atoms with Crippen molar-refractivity contribution < 1.29 is 13.9 Å². The van der Waals surface area contributed by atoms with E-state index < -0.39 is 0 Å². The molecule has 2 rings (SSSR count). The maximum Gasteiger partial charge on any atom is 0.165 e. The molecule has 1 N–H and O–H groups in total. The fourth-order valence-corrected chi connectivity index (χ4v) is 2.13. The van der Waals surface area contributed by atoms with Crippen LogP contribution in [-0.4, -0.2) is 14.2 Å². The lowest BCUT2D eigenvalue weighted by Crippen LogP contribution is -2.03. The summed E-state index contributed by atoms with van der Waals surface area (Å²) in [5.41, 5.74) is 2.58. The fourth-order valence-electron chi connectivity index (χ4n) is 2.13. The molecule has 0 aromatic heterocycles. The van der Waals surface area contributed by atoms with Crippen molar-refractivity contribution >= 4 is 5.69 Å². The number of methoxy groups -OCH3 is 2. The summed E-state index contributed by atoms with van der Waals surface area (Å²) in [5, 5.41) is 3.19. The van der Waals surface area contributed by atoms with Crippen molar-refractivity contribution in [1.82, 2.24) is 0 Å². The predicted molar refractivity (Wildman–Crippen MR) is 78.0 cm³/mol. The number of halogens is 1. The Labute approximate surface area is 118 Å². The van der Waals surface area contributed by atoms with Crippen molar-refractivity contribution in [2.45, 2.75) is 13.5 Å². The highest BCUT2D eigenvalue weighted by molar-refractivity contribution is 5.51. The number of para-hydroxylation sites is 1. The summed E-state index contributed by atoms with van der Waals surface area (Å²) >= 11 is 0. The van der Waals surface area contributed by atoms with Gasteiger partial charge in [-0.15, -0.1) is 0 Å². The van der Waals surface area contributed by atoms with Crippen molar-refractivity contribution in [3.8, 4) is 11.5 Å². The number of aryl methyl sites for hydroxylation is 1. The van der Waals surface area contributed by atoms with Crippen molar-refractivity contribution in [2.75, 3.05) is 19.5 Å². The Hall–Kier alpha value is -2.23. The lowest BCUT2D eigenvalue weighted by Gasteiger charge is -2.14. The first-order valence-electron chi connectivity index (χ1n) is 6.35. The maximum absolute atomic E-state index is 13.3. The number of anilines is 1. The molecule has 0 radical (unpaired) electrons. The smallest absolute Gasteiger partial charge is 0.165 e. The highest BCUT2D eigenvalue weighted by Gasteiger charge is 2.09. The lowest BCUT2D eigenvalue weighted by atomic mass is 10.1. The number of rotatable bonds is 5. The monoisotopic (exact) mass is 275 g/mol. The van der Waals surface area contributed by atoms with E-state index in [-0.39, 0.29) is 5.82 Å². The highest BCUT2D eigenvalue weighted by atomic mass is 19.1. The summed E-state index contributed by atoms with van der Waals surface area (Å²) in [4.78, 5) is 0. The fraction of sp³-hybridized carbons (Fsp3) is 0.250. The topological polar surface area (TPSA) is 30.5 Å². The average molecular weight is 275 g/mol. The van der Waals surface area contributed by atoms with Crippen LogP contribution in [0.5, 0.6) is 11.5 Å². The van der Waals surface area contributed by atoms with E-state index in [1.807, 2.05) is 31.2 Å². The van der Waals surface area contributed by atoms with E-state index in [0.717, 1.165) is 16.8 Å². The summed E-state index contributed by atoms with van der Waals surface area (Å²) in [6.07, 6.45) is 0. The van der Waals surface area contributed by atoms with Gasteiger partial charge in [0.1, 0.15) is 5.82 Å². The van der Waals surface area contributed by atoms with Gasteiger partial charge in [0, 0.05) is 17.8 Å². The largest absolute Gasteiger partial charge is 0.493 e. The van der Waals surface area contributed by atoms with Gasteiger partial charge in [-0.25, -0.2) is 4.39 Å². The second-order valence-electron chi connectivity index (χ2n) is 4.52. The second-order valence-corrected chi connectivity index (χ2v) is 4.52. The molecule has 2 aromatic carbocycles. The molecule has 0 spiro atoms. The van der Waals surface area contributed by atoms with Gasteiger partial charge >= 0.3 is 0 Å². The molecule has 0 saturated carbocycles. The Morgan fingerprint density at radius 1 is 1.10 bits per heavy atom. The van der Waals surface area contributed by atoms with Gasteiger partial charge < -0.3 is 14.8 Å². The third kappa shape index (κ3) is 3.20. The van der Waals surface area contributed by atoms with Crippen LogP contribution in [0, 0.1) is 12.7 Å². The molecule has 3 nitrogen and oxygen atoms in total. The van der Waals surface area contributed by atoms with E-state index in [9.17, 15) is 4.39 Å². The van der Waals surface area contributed by atoms with Crippen molar-refractivity contribution in [1.29, 1.82) is 0 Å². The Kier molecular flexibility index (Phi) is 4.45. The first-order valence-corrected chi connectivity index (χ1v) is 6.35. The molecule has 0 saturated heterocycles. The molecule has 0 aliphatic rings. The average Bonchev–Trinajstić information content (AvgIpc) is 2.43. The first-order chi connectivity index (χ1) is 9.63. The Balaban J connectivity index is 2.18. The van der Waals surface area contributed by atoms with E-state index in [1.54, 1.807) is 14.2 Å². The van der Waals surface area contributed by atoms with Crippen LogP contribution in [0.25, 0.3) is 0 Å². The molecule has 0 heterocycles. The summed E-state index contributed by atoms with van der Waals surface area (Å²) in [6, 6.07) is 10.6. The number of benzene rings is 2. The molecule has 0 atom stereocenters. The van der Waals surface area contributed by atoms with Crippen LogP contribution in [0.15, 0.2) is 36.4 Å². The zero-order valence-electron chi connectivity index (χ0n) is 11.9. The van der Waals surface area contributed by atoms with Gasteiger partial charge in [0.25, 0.3) is 0 Å². The normalized spacial score (nSPS) is 10.2. The quantitative estimate of drug-likeness (QED) is 0.901. The van der Waals surface area contributed by atoms with E-state index in [4.69, 9.17) is 9.47 Å². The van der Waals surface area contributed by atoms with Crippen molar-refractivity contribution in [3.05, 3.63) is 53.3 Å². The Morgan fingerprint density at radius 3 is 2.55 bits per heavy atom. The Bertz CT molecular complexity index is 579. The maximum atomic E-state index is 13.3. The number of hydrogen-bond acceptors (Lipinski definition) is 3. The minimum Gasteiger partial charge on any atom is -0.493 e. The van der Waals surface area contributed by atoms with Crippen LogP contribution in [0.1, 0.15) is 11.1 Å². The molecule has 0 fully saturated rings. The van der Waals surface area contributed by atoms with Gasteiger partial charge in [0.2, 0.25) is 0 Å². The minimum absolute atomic E-state index is 0.245. The van der Waals surface area contributed by atoms with Crippen LogP contribution >= 0.6 is 0 Å². The van der Waals surface area contributed by atoms with E-state index in [1.165, 1.54) is 12.1 Å². The van der Waals surface area contributed by atoms with Crippen LogP contribution < -0.4 is 14.8 Å². The van der Waals surface area contributed by atoms with Gasteiger partial charge in [-0.05, 0) is 36.8 Å². The van der Waals surface area contributed by atoms with Crippen LogP contribution in [0.2, 0.25) is 0 Å². The van der Waals surface area contributed by atoms with Crippen molar-refractivity contribution in [2.24, 2.45) is 0 Å². The predicted octanol–water partition coefficient (Wildman–Crippen LogP) is 3.76. The van der Waals surface area contributed by atoms with Crippen LogP contribution in [-0.2, 0) is 6.54 Å². The zero-order chi connectivity index (χ0) is 14.5. The summed E-state index contributed by atoms with van der Waals surface area (Å²) in [7, 11) is 3.21. The van der Waals surface area contributed by atoms with Crippen LogP contribution in [0.3, 0.4) is 0 Å². The molecule has 20 heavy (non-hydrogen) atoms. The molecule has 106 valence electrons. The van der Waals surface area contributed by atoms with Gasteiger partial charge in [0.15, 0.2) is 11.5 Å². The molecular weight excluding hydrogens is 257 g/mol. The van der Waals surface area contributed by atoms with Gasteiger partial charge in [-0.1, -0.05) is 12.1 Å². The number of hydrogen-bond donors (Lipinski definition) is 1. The molecule has 0 amide bonds. The standard InChI is InChI=1S/C16H18FNO2/c1-11-7-13(17)9-14(8-11)18-10-12-5-4-6-15(19-2)16(12)20-3/h4-9,18H,10H2,1-3H3. The van der Waals surface area contributed by atoms with Gasteiger partial charge in [-0.3, -0.25) is 0 Å². The number of nitrogens with one attached hydrogen (secondary N) is 1. The van der Waals surface area contributed by atoms with Gasteiger partial charge in [0.05, 0.1) is 14.2 Å². The first kappa shape index (κ1) is 14.2. The zero-order valence-corrected chi connectivity index (χ0v) is 11.9. The van der Waals surface area contributed by atoms with E-state index in [0.29, 0.717) is 18.0 Å². The van der Waals surface area contributed by atoms with E-state index >= 15 is 0 Å². The Morgan fingerprint density at radius 2 is 1.90 bits per heavy atom. The second kappa shape index (κ2) is 6.28. The molecule has 0 aliphatic carbocycles. The van der Waals surface area contributed by atoms with Crippen LogP contribution in [0.4, 0.5) is 10.1 Å².